The van der Waals surface area contributed by atoms with E-state index in [0.717, 1.165) is 19.4 Å². The summed E-state index contributed by atoms with van der Waals surface area (Å²) in [4.78, 5) is 21.5. The van der Waals surface area contributed by atoms with Crippen LogP contribution in [-0.2, 0) is 0 Å². The summed E-state index contributed by atoms with van der Waals surface area (Å²) < 4.78 is 0. The normalized spacial score (nSPS) is 21.9. The predicted octanol–water partition coefficient (Wildman–Crippen LogP) is 3.49. The second-order valence-electron chi connectivity index (χ2n) is 6.07. The number of carbonyl (C=O) groups excluding carboxylic acids is 1. The maximum Gasteiger partial charge on any atom is 0.156 e. The molecule has 1 aromatic heterocycles. The molecule has 1 spiro atoms. The van der Waals surface area contributed by atoms with Crippen LogP contribution in [0.25, 0.3) is 0 Å². The summed E-state index contributed by atoms with van der Waals surface area (Å²) in [5, 5.41) is 0.253. The SMILES string of the molecule is O=Cc1c(Cl)ncnc1N1CCC2(CCCCC2)CC1. The van der Waals surface area contributed by atoms with Crippen molar-refractivity contribution in [1.82, 2.24) is 9.97 Å². The Labute approximate surface area is 124 Å². The third-order valence-corrected chi connectivity index (χ3v) is 5.27. The number of aromatic nitrogens is 2. The average Bonchev–Trinajstić information content (AvgIpc) is 2.49. The molecule has 20 heavy (non-hydrogen) atoms. The van der Waals surface area contributed by atoms with Gasteiger partial charge in [-0.3, -0.25) is 4.79 Å². The smallest absolute Gasteiger partial charge is 0.156 e. The Kier molecular flexibility index (Phi) is 3.92. The zero-order valence-corrected chi connectivity index (χ0v) is 12.4. The lowest BCUT2D eigenvalue weighted by molar-refractivity contribution is 0.112. The van der Waals surface area contributed by atoms with Gasteiger partial charge in [0.05, 0.1) is 5.56 Å². The minimum Gasteiger partial charge on any atom is -0.356 e. The zero-order valence-electron chi connectivity index (χ0n) is 11.6. The number of aldehydes is 1. The summed E-state index contributed by atoms with van der Waals surface area (Å²) >= 11 is 5.98. The summed E-state index contributed by atoms with van der Waals surface area (Å²) in [5.41, 5.74) is 0.973. The van der Waals surface area contributed by atoms with Crippen molar-refractivity contribution in [2.45, 2.75) is 44.9 Å². The first kappa shape index (κ1) is 13.8. The fraction of sp³-hybridized carbons (Fsp3) is 0.667. The van der Waals surface area contributed by atoms with Gasteiger partial charge in [-0.25, -0.2) is 9.97 Å². The highest BCUT2D eigenvalue weighted by Crippen LogP contribution is 2.45. The van der Waals surface area contributed by atoms with Gasteiger partial charge in [0.1, 0.15) is 17.3 Å². The lowest BCUT2D eigenvalue weighted by Crippen LogP contribution is -2.41. The number of carbonyl (C=O) groups is 1. The number of piperidine rings is 1. The molecule has 0 N–H and O–H groups in total. The third kappa shape index (κ3) is 2.53. The number of rotatable bonds is 2. The Bertz CT molecular complexity index is 490. The Balaban J connectivity index is 1.75. The molecule has 0 radical (unpaired) electrons. The van der Waals surface area contributed by atoms with Crippen LogP contribution >= 0.6 is 11.6 Å². The van der Waals surface area contributed by atoms with Crippen LogP contribution in [0.3, 0.4) is 0 Å². The monoisotopic (exact) mass is 293 g/mol. The summed E-state index contributed by atoms with van der Waals surface area (Å²) in [7, 11) is 0. The molecule has 0 amide bonds. The van der Waals surface area contributed by atoms with Gasteiger partial charge in [-0.15, -0.1) is 0 Å². The van der Waals surface area contributed by atoms with E-state index in [1.165, 1.54) is 51.3 Å². The second-order valence-corrected chi connectivity index (χ2v) is 6.43. The maximum absolute atomic E-state index is 11.2. The van der Waals surface area contributed by atoms with Gasteiger partial charge < -0.3 is 4.90 Å². The molecule has 4 nitrogen and oxygen atoms in total. The largest absolute Gasteiger partial charge is 0.356 e. The number of hydrogen-bond donors (Lipinski definition) is 0. The van der Waals surface area contributed by atoms with Gasteiger partial charge in [0.2, 0.25) is 0 Å². The molecular weight excluding hydrogens is 274 g/mol. The molecule has 1 saturated carbocycles. The topological polar surface area (TPSA) is 46.1 Å². The first-order valence-corrected chi connectivity index (χ1v) is 7.83. The molecule has 2 heterocycles. The van der Waals surface area contributed by atoms with Crippen molar-refractivity contribution >= 4 is 23.7 Å². The van der Waals surface area contributed by atoms with Crippen LogP contribution in [0.2, 0.25) is 5.15 Å². The molecule has 2 aliphatic rings. The van der Waals surface area contributed by atoms with Crippen molar-refractivity contribution in [2.75, 3.05) is 18.0 Å². The standard InChI is InChI=1S/C15H20ClN3O/c16-13-12(10-20)14(18-11-17-13)19-8-6-15(7-9-19)4-2-1-3-5-15/h10-11H,1-9H2. The highest BCUT2D eigenvalue weighted by Gasteiger charge is 2.36. The molecule has 108 valence electrons. The Hall–Kier alpha value is -1.16. The van der Waals surface area contributed by atoms with E-state index in [0.29, 0.717) is 16.8 Å². The minimum absolute atomic E-state index is 0.253. The lowest BCUT2D eigenvalue weighted by Gasteiger charge is -2.44. The van der Waals surface area contributed by atoms with Gasteiger partial charge in [0.25, 0.3) is 0 Å². The van der Waals surface area contributed by atoms with E-state index in [1.807, 2.05) is 0 Å². The van der Waals surface area contributed by atoms with Gasteiger partial charge in [0.15, 0.2) is 6.29 Å². The van der Waals surface area contributed by atoms with Crippen molar-refractivity contribution in [1.29, 1.82) is 0 Å². The van der Waals surface area contributed by atoms with Crippen molar-refractivity contribution in [3.63, 3.8) is 0 Å². The molecule has 0 unspecified atom stereocenters. The molecule has 5 heteroatoms. The molecule has 1 aliphatic carbocycles. The van der Waals surface area contributed by atoms with Crippen molar-refractivity contribution in [2.24, 2.45) is 5.41 Å². The van der Waals surface area contributed by atoms with E-state index in [1.54, 1.807) is 0 Å². The second kappa shape index (κ2) is 5.68. The predicted molar refractivity (Wildman–Crippen MR) is 79.4 cm³/mol. The van der Waals surface area contributed by atoms with Crippen molar-refractivity contribution in [3.8, 4) is 0 Å². The fourth-order valence-corrected chi connectivity index (χ4v) is 3.89. The lowest BCUT2D eigenvalue weighted by atomic mass is 9.68. The molecule has 1 aliphatic heterocycles. The van der Waals surface area contributed by atoms with Crippen LogP contribution in [0.4, 0.5) is 5.82 Å². The highest BCUT2D eigenvalue weighted by atomic mass is 35.5. The Morgan fingerprint density at radius 2 is 1.80 bits per heavy atom. The van der Waals surface area contributed by atoms with E-state index in [9.17, 15) is 4.79 Å². The van der Waals surface area contributed by atoms with Gasteiger partial charge in [0, 0.05) is 13.1 Å². The number of hydrogen-bond acceptors (Lipinski definition) is 4. The van der Waals surface area contributed by atoms with Crippen LogP contribution < -0.4 is 4.90 Å². The van der Waals surface area contributed by atoms with E-state index < -0.39 is 0 Å². The van der Waals surface area contributed by atoms with Crippen LogP contribution in [0, 0.1) is 5.41 Å². The maximum atomic E-state index is 11.2. The Morgan fingerprint density at radius 1 is 1.10 bits per heavy atom. The molecule has 0 bridgehead atoms. The van der Waals surface area contributed by atoms with Crippen molar-refractivity contribution < 1.29 is 4.79 Å². The summed E-state index contributed by atoms with van der Waals surface area (Å²) in [5.74, 6) is 0.700. The molecule has 1 aromatic rings. The van der Waals surface area contributed by atoms with Crippen LogP contribution in [0.1, 0.15) is 55.3 Å². The fourth-order valence-electron chi connectivity index (χ4n) is 3.71. The molecule has 3 rings (SSSR count). The van der Waals surface area contributed by atoms with Crippen LogP contribution in [0.5, 0.6) is 0 Å². The summed E-state index contributed by atoms with van der Waals surface area (Å²) in [6.07, 6.45) is 11.5. The quantitative estimate of drug-likeness (QED) is 0.618. The number of halogens is 1. The van der Waals surface area contributed by atoms with Gasteiger partial charge in [-0.05, 0) is 31.1 Å². The first-order valence-electron chi connectivity index (χ1n) is 7.45. The summed E-state index contributed by atoms with van der Waals surface area (Å²) in [6, 6.07) is 0. The van der Waals surface area contributed by atoms with Crippen LogP contribution in [-0.4, -0.2) is 29.3 Å². The number of nitrogens with zero attached hydrogens (tertiary/aromatic N) is 3. The molecule has 0 atom stereocenters. The van der Waals surface area contributed by atoms with E-state index in [-0.39, 0.29) is 5.15 Å². The molecule has 2 fully saturated rings. The number of anilines is 1. The molecule has 1 saturated heterocycles. The van der Waals surface area contributed by atoms with Gasteiger partial charge in [-0.1, -0.05) is 30.9 Å². The minimum atomic E-state index is 0.253. The first-order chi connectivity index (χ1) is 9.74. The zero-order chi connectivity index (χ0) is 14.0. The summed E-state index contributed by atoms with van der Waals surface area (Å²) in [6.45, 7) is 1.93. The van der Waals surface area contributed by atoms with Gasteiger partial charge >= 0.3 is 0 Å². The van der Waals surface area contributed by atoms with E-state index in [2.05, 4.69) is 14.9 Å². The average molecular weight is 294 g/mol. The van der Waals surface area contributed by atoms with E-state index in [4.69, 9.17) is 11.6 Å². The third-order valence-electron chi connectivity index (χ3n) is 4.97. The van der Waals surface area contributed by atoms with E-state index >= 15 is 0 Å². The highest BCUT2D eigenvalue weighted by molar-refractivity contribution is 6.32. The Morgan fingerprint density at radius 3 is 2.45 bits per heavy atom. The van der Waals surface area contributed by atoms with Gasteiger partial charge in [-0.2, -0.15) is 0 Å². The van der Waals surface area contributed by atoms with Crippen LogP contribution in [0.15, 0.2) is 6.33 Å². The van der Waals surface area contributed by atoms with Crippen molar-refractivity contribution in [3.05, 3.63) is 17.0 Å². The molecular formula is C15H20ClN3O. The molecule has 0 aromatic carbocycles.